The Bertz CT molecular complexity index is 168. The molecule has 0 rings (SSSR count). The fraction of sp³-hybridized carbons (Fsp3) is 0.889. The molecular formula is C9H18O5. The quantitative estimate of drug-likeness (QED) is 0.500. The molecule has 1 unspecified atom stereocenters. The highest BCUT2D eigenvalue weighted by molar-refractivity contribution is 5.69. The summed E-state index contributed by atoms with van der Waals surface area (Å²) in [7, 11) is 0. The van der Waals surface area contributed by atoms with Crippen LogP contribution < -0.4 is 0 Å². The lowest BCUT2D eigenvalue weighted by Crippen LogP contribution is -2.45. The van der Waals surface area contributed by atoms with Crippen LogP contribution in [0.1, 0.15) is 20.3 Å². The minimum atomic E-state index is -1.16. The number of ether oxygens (including phenoxy) is 1. The predicted molar refractivity (Wildman–Crippen MR) is 49.5 cm³/mol. The fourth-order valence-electron chi connectivity index (χ4n) is 0.941. The highest BCUT2D eigenvalue weighted by atomic mass is 16.5. The van der Waals surface area contributed by atoms with Gasteiger partial charge in [-0.05, 0) is 6.92 Å². The van der Waals surface area contributed by atoms with E-state index in [4.69, 9.17) is 20.1 Å². The smallest absolute Gasteiger partial charge is 0.305 e. The van der Waals surface area contributed by atoms with Crippen molar-refractivity contribution < 1.29 is 24.9 Å². The Morgan fingerprint density at radius 1 is 1.29 bits per heavy atom. The minimum absolute atomic E-state index is 0.225. The van der Waals surface area contributed by atoms with Crippen molar-refractivity contribution in [2.24, 2.45) is 5.41 Å². The van der Waals surface area contributed by atoms with Crippen LogP contribution in [0.5, 0.6) is 0 Å². The number of carbonyl (C=O) groups excluding carboxylic acids is 1. The first-order chi connectivity index (χ1) is 6.56. The van der Waals surface area contributed by atoms with Gasteiger partial charge in [-0.1, -0.05) is 6.92 Å². The summed E-state index contributed by atoms with van der Waals surface area (Å²) in [5.41, 5.74) is -1.16. The van der Waals surface area contributed by atoms with E-state index >= 15 is 0 Å². The van der Waals surface area contributed by atoms with Crippen molar-refractivity contribution in [3.8, 4) is 0 Å². The zero-order valence-corrected chi connectivity index (χ0v) is 8.56. The fourth-order valence-corrected chi connectivity index (χ4v) is 0.941. The third-order valence-electron chi connectivity index (χ3n) is 2.40. The van der Waals surface area contributed by atoms with Gasteiger partial charge in [0.1, 0.15) is 6.10 Å². The van der Waals surface area contributed by atoms with E-state index in [0.717, 1.165) is 0 Å². The molecule has 0 aliphatic carbocycles. The van der Waals surface area contributed by atoms with Crippen molar-refractivity contribution in [1.82, 2.24) is 0 Å². The van der Waals surface area contributed by atoms with E-state index in [0.29, 0.717) is 0 Å². The van der Waals surface area contributed by atoms with Gasteiger partial charge in [0.2, 0.25) is 0 Å². The van der Waals surface area contributed by atoms with E-state index < -0.39 is 37.3 Å². The second-order valence-electron chi connectivity index (χ2n) is 3.32. The third-order valence-corrected chi connectivity index (χ3v) is 2.40. The van der Waals surface area contributed by atoms with Gasteiger partial charge in [-0.25, -0.2) is 0 Å². The summed E-state index contributed by atoms with van der Waals surface area (Å²) >= 11 is 0. The summed E-state index contributed by atoms with van der Waals surface area (Å²) in [6, 6.07) is 0. The number of aliphatic hydroxyl groups excluding tert-OH is 3. The SMILES string of the molecule is CCC(=O)OC(C)C(CO)(CO)CO. The molecule has 3 N–H and O–H groups in total. The van der Waals surface area contributed by atoms with Gasteiger partial charge < -0.3 is 20.1 Å². The van der Waals surface area contributed by atoms with Crippen molar-refractivity contribution in [3.63, 3.8) is 0 Å². The van der Waals surface area contributed by atoms with Crippen LogP contribution >= 0.6 is 0 Å². The van der Waals surface area contributed by atoms with Crippen LogP contribution in [0.3, 0.4) is 0 Å². The molecule has 0 fully saturated rings. The second-order valence-corrected chi connectivity index (χ2v) is 3.32. The van der Waals surface area contributed by atoms with E-state index in [1.807, 2.05) is 0 Å². The highest BCUT2D eigenvalue weighted by Crippen LogP contribution is 2.23. The Labute approximate surface area is 83.3 Å². The van der Waals surface area contributed by atoms with Gasteiger partial charge >= 0.3 is 5.97 Å². The Morgan fingerprint density at radius 2 is 1.71 bits per heavy atom. The Balaban J connectivity index is 4.43. The molecule has 84 valence electrons. The summed E-state index contributed by atoms with van der Waals surface area (Å²) in [6.45, 7) is 1.89. The van der Waals surface area contributed by atoms with Crippen LogP contribution in [-0.2, 0) is 9.53 Å². The topological polar surface area (TPSA) is 87.0 Å². The molecule has 1 atom stereocenters. The molecule has 0 bridgehead atoms. The summed E-state index contributed by atoms with van der Waals surface area (Å²) < 4.78 is 4.92. The first-order valence-corrected chi connectivity index (χ1v) is 4.58. The van der Waals surface area contributed by atoms with Crippen LogP contribution in [0.4, 0.5) is 0 Å². The van der Waals surface area contributed by atoms with E-state index in [-0.39, 0.29) is 6.42 Å². The molecule has 0 saturated heterocycles. The molecule has 0 heterocycles. The second kappa shape index (κ2) is 5.95. The van der Waals surface area contributed by atoms with E-state index in [9.17, 15) is 4.79 Å². The molecule has 0 spiro atoms. The molecule has 5 heteroatoms. The van der Waals surface area contributed by atoms with Crippen molar-refractivity contribution in [3.05, 3.63) is 0 Å². The van der Waals surface area contributed by atoms with Crippen LogP contribution in [0.2, 0.25) is 0 Å². The van der Waals surface area contributed by atoms with E-state index in [1.54, 1.807) is 6.92 Å². The maximum atomic E-state index is 10.9. The maximum Gasteiger partial charge on any atom is 0.305 e. The molecule has 14 heavy (non-hydrogen) atoms. The van der Waals surface area contributed by atoms with Gasteiger partial charge in [-0.15, -0.1) is 0 Å². The molecule has 0 saturated carbocycles. The van der Waals surface area contributed by atoms with Crippen LogP contribution in [0, 0.1) is 5.41 Å². The molecule has 0 aliphatic rings. The first kappa shape index (κ1) is 13.4. The standard InChI is InChI=1S/C9H18O5/c1-3-8(13)14-7(2)9(4-10,5-11)6-12/h7,10-12H,3-6H2,1-2H3. The number of rotatable bonds is 6. The monoisotopic (exact) mass is 206 g/mol. The number of hydrogen-bond acceptors (Lipinski definition) is 5. The molecule has 5 nitrogen and oxygen atoms in total. The molecule has 0 amide bonds. The number of aliphatic hydroxyl groups is 3. The van der Waals surface area contributed by atoms with Crippen LogP contribution in [-0.4, -0.2) is 47.2 Å². The number of hydrogen-bond donors (Lipinski definition) is 3. The summed E-state index contributed by atoms with van der Waals surface area (Å²) in [5, 5.41) is 27.1. The lowest BCUT2D eigenvalue weighted by Gasteiger charge is -2.33. The van der Waals surface area contributed by atoms with Crippen LogP contribution in [0.15, 0.2) is 0 Å². The van der Waals surface area contributed by atoms with Gasteiger partial charge in [0, 0.05) is 6.42 Å². The van der Waals surface area contributed by atoms with Gasteiger partial charge in [0.25, 0.3) is 0 Å². The Kier molecular flexibility index (Phi) is 5.68. The highest BCUT2D eigenvalue weighted by Gasteiger charge is 2.37. The lowest BCUT2D eigenvalue weighted by molar-refractivity contribution is -0.162. The Hall–Kier alpha value is -0.650. The number of esters is 1. The average molecular weight is 206 g/mol. The van der Waals surface area contributed by atoms with E-state index in [2.05, 4.69) is 0 Å². The van der Waals surface area contributed by atoms with Crippen molar-refractivity contribution in [1.29, 1.82) is 0 Å². The number of carbonyl (C=O) groups is 1. The summed E-state index contributed by atoms with van der Waals surface area (Å²) in [4.78, 5) is 10.9. The normalized spacial score (nSPS) is 13.8. The molecule has 0 aliphatic heterocycles. The zero-order chi connectivity index (χ0) is 11.2. The predicted octanol–water partition coefficient (Wildman–Crippen LogP) is -0.709. The third kappa shape index (κ3) is 2.94. The summed E-state index contributed by atoms with van der Waals surface area (Å²) in [5.74, 6) is -0.419. The van der Waals surface area contributed by atoms with Gasteiger partial charge in [0.05, 0.1) is 25.2 Å². The largest absolute Gasteiger partial charge is 0.462 e. The van der Waals surface area contributed by atoms with Gasteiger partial charge in [0.15, 0.2) is 0 Å². The van der Waals surface area contributed by atoms with Crippen LogP contribution in [0.25, 0.3) is 0 Å². The molecule has 0 aromatic carbocycles. The molecule has 0 radical (unpaired) electrons. The van der Waals surface area contributed by atoms with Crippen molar-refractivity contribution in [2.75, 3.05) is 19.8 Å². The van der Waals surface area contributed by atoms with Crippen molar-refractivity contribution in [2.45, 2.75) is 26.4 Å². The van der Waals surface area contributed by atoms with Crippen molar-refractivity contribution >= 4 is 5.97 Å². The minimum Gasteiger partial charge on any atom is -0.462 e. The zero-order valence-electron chi connectivity index (χ0n) is 8.56. The Morgan fingerprint density at radius 3 is 2.00 bits per heavy atom. The van der Waals surface area contributed by atoms with E-state index in [1.165, 1.54) is 6.92 Å². The molecular weight excluding hydrogens is 188 g/mol. The summed E-state index contributed by atoms with van der Waals surface area (Å²) in [6.07, 6.45) is -0.488. The lowest BCUT2D eigenvalue weighted by atomic mass is 9.85. The molecule has 0 aromatic rings. The first-order valence-electron chi connectivity index (χ1n) is 4.58. The maximum absolute atomic E-state index is 10.9. The molecule has 0 aromatic heterocycles. The van der Waals surface area contributed by atoms with Gasteiger partial charge in [-0.3, -0.25) is 4.79 Å². The van der Waals surface area contributed by atoms with Gasteiger partial charge in [-0.2, -0.15) is 0 Å². The average Bonchev–Trinajstić information content (AvgIpc) is 2.21.